The molecule has 0 aliphatic carbocycles. The quantitative estimate of drug-likeness (QED) is 0.0539. The standard InChI is InChI=1S/C19H21F3O.C18H27F3N2.C18H20F3NO.C18H19F3O2.C18H30N2.C17H18F3NO2/c1-18(2,3)12-14-4-6-15(7-5-14)13-23-17-10-8-16(9-11-17)19(20,21)22;1-17(2,3)14-23-12-10-22(11-13-23)9-8-15-4-6-16(7-5-15)18(19,20)21;1-17(2,3)10-15-7-4-13(11-22-15)12-23-16-8-5-14(6-9-16)18(19,20)21;1-17(2,3)23-16-8-4-13(5-9-16)12-22-15-10-6-14(7-11-15)18(19,20)21;1-16-6-5-7-17(14-16)8-9-19-10-12-20(13-11-19)15-18(2,3)4;1-16(2,3)23-15-9-4-12(10-21-15)11-22-14-7-5-13(6-8-14)17(18,19)20/h4-11H,12-13H2,1-3H3;4-7H,8-14H2,1-3H3;4-9,11H,10,12H2,1-3H3;4-11H,12H2,1-3H3;5-7,14H,8-13,15H2,1-4H3;4-10H,11H2,1-3H3. The first-order valence-electron chi connectivity index (χ1n) is 45.3. The molecule has 2 saturated heterocycles. The van der Waals surface area contributed by atoms with Crippen LogP contribution in [0.4, 0.5) is 65.9 Å². The predicted molar refractivity (Wildman–Crippen MR) is 506 cm³/mol. The highest BCUT2D eigenvalue weighted by atomic mass is 19.4. The largest absolute Gasteiger partial charge is 0.489 e. The maximum absolute atomic E-state index is 12.5. The molecule has 12 rings (SSSR count). The van der Waals surface area contributed by atoms with E-state index in [1.807, 2.05) is 90.1 Å². The summed E-state index contributed by atoms with van der Waals surface area (Å²) in [4.78, 5) is 18.7. The summed E-state index contributed by atoms with van der Waals surface area (Å²) in [6, 6.07) is 56.1. The molecule has 738 valence electrons. The lowest BCUT2D eigenvalue weighted by atomic mass is 9.88. The van der Waals surface area contributed by atoms with Crippen molar-refractivity contribution in [2.24, 2.45) is 21.7 Å². The van der Waals surface area contributed by atoms with Crippen molar-refractivity contribution < 1.29 is 94.3 Å². The molecule has 0 atom stereocenters. The van der Waals surface area contributed by atoms with Crippen molar-refractivity contribution in [3.63, 3.8) is 0 Å². The highest BCUT2D eigenvalue weighted by Crippen LogP contribution is 2.37. The molecule has 27 heteroatoms. The van der Waals surface area contributed by atoms with Crippen molar-refractivity contribution >= 4 is 0 Å². The maximum atomic E-state index is 12.5. The monoisotopic (exact) mass is 1900 g/mol. The van der Waals surface area contributed by atoms with Gasteiger partial charge < -0.3 is 48.0 Å². The van der Waals surface area contributed by atoms with Crippen LogP contribution in [0.3, 0.4) is 0 Å². The van der Waals surface area contributed by atoms with Crippen LogP contribution in [-0.2, 0) is 83.0 Å². The van der Waals surface area contributed by atoms with Gasteiger partial charge in [0.25, 0.3) is 0 Å². The molecule has 2 fully saturated rings. The molecule has 2 aromatic heterocycles. The number of ether oxygens (including phenoxy) is 6. The third kappa shape index (κ3) is 45.9. The van der Waals surface area contributed by atoms with Crippen LogP contribution in [-0.4, -0.2) is 119 Å². The van der Waals surface area contributed by atoms with Gasteiger partial charge in [-0.1, -0.05) is 168 Å². The fraction of sp³-hybridized carbons (Fsp3) is 0.463. The van der Waals surface area contributed by atoms with Gasteiger partial charge in [0.1, 0.15) is 66.4 Å². The number of benzene rings is 8. The number of rotatable bonds is 24. The minimum absolute atomic E-state index is 0.172. The van der Waals surface area contributed by atoms with Gasteiger partial charge in [0.05, 0.1) is 27.8 Å². The normalized spacial score (nSPS) is 14.1. The predicted octanol–water partition coefficient (Wildman–Crippen LogP) is 28.6. The number of pyridine rings is 2. The van der Waals surface area contributed by atoms with E-state index in [1.165, 1.54) is 123 Å². The molecule has 0 bridgehead atoms. The molecule has 12 nitrogen and oxygen atoms in total. The van der Waals surface area contributed by atoms with Gasteiger partial charge in [-0.05, 0) is 257 Å². The SMILES string of the molecule is CC(C)(C)CN1CCN(CCc2ccc(C(F)(F)F)cc2)CC1.CC(C)(C)Cc1ccc(COc2ccc(C(F)(F)F)cc2)cc1.CC(C)(C)Cc1ccc(COc2ccc(C(F)(F)F)cc2)cn1.CC(C)(C)Oc1ccc(COc2ccc(C(F)(F)F)cc2)cc1.CC(C)(C)Oc1ccc(COc2ccc(C(F)(F)F)cc2)cn1.Cc1cccc(CCN2CCN(CC(C)(C)C)CC2)c1. The number of halogens is 15. The number of hydrogen-bond donors (Lipinski definition) is 0. The molecule has 135 heavy (non-hydrogen) atoms. The van der Waals surface area contributed by atoms with E-state index in [4.69, 9.17) is 28.4 Å². The second-order valence-corrected chi connectivity index (χ2v) is 40.8. The lowest BCUT2D eigenvalue weighted by Crippen LogP contribution is -2.49. The Labute approximate surface area is 789 Å². The summed E-state index contributed by atoms with van der Waals surface area (Å²) in [5, 5.41) is 0. The minimum Gasteiger partial charge on any atom is -0.489 e. The van der Waals surface area contributed by atoms with Crippen LogP contribution in [0.5, 0.6) is 34.6 Å². The van der Waals surface area contributed by atoms with Crippen LogP contribution in [0, 0.1) is 28.6 Å². The van der Waals surface area contributed by atoms with Crippen molar-refractivity contribution in [3.8, 4) is 34.6 Å². The number of nitrogens with zero attached hydrogens (tertiary/aromatic N) is 6. The van der Waals surface area contributed by atoms with Crippen molar-refractivity contribution in [1.29, 1.82) is 0 Å². The maximum Gasteiger partial charge on any atom is 0.416 e. The number of alkyl halides is 15. The van der Waals surface area contributed by atoms with E-state index in [-0.39, 0.29) is 41.9 Å². The Balaban J connectivity index is 0.000000221. The first-order valence-corrected chi connectivity index (χ1v) is 45.3. The van der Waals surface area contributed by atoms with Crippen LogP contribution in [0.1, 0.15) is 203 Å². The van der Waals surface area contributed by atoms with Crippen molar-refractivity contribution in [2.45, 2.75) is 226 Å². The fourth-order valence-corrected chi connectivity index (χ4v) is 14.0. The zero-order valence-corrected chi connectivity index (χ0v) is 81.4. The first-order chi connectivity index (χ1) is 62.6. The zero-order chi connectivity index (χ0) is 100. The highest BCUT2D eigenvalue weighted by Gasteiger charge is 2.35. The second kappa shape index (κ2) is 49.6. The van der Waals surface area contributed by atoms with Crippen LogP contribution < -0.4 is 28.4 Å². The second-order valence-electron chi connectivity index (χ2n) is 40.8. The molecule has 0 N–H and O–H groups in total. The average molecular weight is 1900 g/mol. The third-order valence-electron chi connectivity index (χ3n) is 20.4. The Bertz CT molecular complexity index is 4590. The summed E-state index contributed by atoms with van der Waals surface area (Å²) in [6.07, 6.45) is -14.4. The number of aryl methyl sites for hydroxylation is 1. The molecule has 0 radical (unpaired) electrons. The van der Waals surface area contributed by atoms with E-state index in [2.05, 4.69) is 156 Å². The molecule has 10 aromatic rings. The Morgan fingerprint density at radius 3 is 0.859 bits per heavy atom. The van der Waals surface area contributed by atoms with Gasteiger partial charge in [-0.2, -0.15) is 65.9 Å². The van der Waals surface area contributed by atoms with Crippen molar-refractivity contribution in [3.05, 3.63) is 309 Å². The molecule has 0 unspecified atom stereocenters. The van der Waals surface area contributed by atoms with Crippen molar-refractivity contribution in [2.75, 3.05) is 78.5 Å². The van der Waals surface area contributed by atoms with Gasteiger partial charge in [-0.15, -0.1) is 0 Å². The van der Waals surface area contributed by atoms with Gasteiger partial charge in [0.2, 0.25) is 5.88 Å². The lowest BCUT2D eigenvalue weighted by Gasteiger charge is -2.37. The summed E-state index contributed by atoms with van der Waals surface area (Å²) in [7, 11) is 0. The Hall–Kier alpha value is -10.4. The highest BCUT2D eigenvalue weighted by molar-refractivity contribution is 5.35. The summed E-state index contributed by atoms with van der Waals surface area (Å²) >= 11 is 0. The Morgan fingerprint density at radius 2 is 0.556 bits per heavy atom. The van der Waals surface area contributed by atoms with Crippen molar-refractivity contribution in [1.82, 2.24) is 29.6 Å². The van der Waals surface area contributed by atoms with Crippen LogP contribution in [0.2, 0.25) is 0 Å². The molecule has 2 aliphatic heterocycles. The smallest absolute Gasteiger partial charge is 0.416 e. The van der Waals surface area contributed by atoms with Gasteiger partial charge >= 0.3 is 30.9 Å². The van der Waals surface area contributed by atoms with E-state index < -0.39 is 58.7 Å². The van der Waals surface area contributed by atoms with Gasteiger partial charge in [0.15, 0.2) is 0 Å². The molecular weight excluding hydrogens is 1760 g/mol. The van der Waals surface area contributed by atoms with Crippen LogP contribution in [0.15, 0.2) is 231 Å². The number of aromatic nitrogens is 2. The van der Waals surface area contributed by atoms with E-state index in [0.717, 1.165) is 146 Å². The minimum atomic E-state index is -4.34. The molecule has 0 spiro atoms. The van der Waals surface area contributed by atoms with E-state index >= 15 is 0 Å². The molecular formula is C108H135F15N6O6. The van der Waals surface area contributed by atoms with Gasteiger partial charge in [-0.25, -0.2) is 4.98 Å². The van der Waals surface area contributed by atoms with Crippen LogP contribution >= 0.6 is 0 Å². The van der Waals surface area contributed by atoms with Crippen LogP contribution in [0.25, 0.3) is 0 Å². The third-order valence-corrected chi connectivity index (χ3v) is 20.4. The van der Waals surface area contributed by atoms with E-state index in [0.29, 0.717) is 46.3 Å². The summed E-state index contributed by atoms with van der Waals surface area (Å²) < 4.78 is 221. The van der Waals surface area contributed by atoms with Gasteiger partial charge in [0, 0.05) is 114 Å². The average Bonchev–Trinajstić information content (AvgIpc) is 0.859. The molecule has 4 heterocycles. The van der Waals surface area contributed by atoms with E-state index in [9.17, 15) is 65.9 Å². The Morgan fingerprint density at radius 1 is 0.267 bits per heavy atom. The summed E-state index contributed by atoms with van der Waals surface area (Å²) in [5.41, 5.74) is 6.90. The summed E-state index contributed by atoms with van der Waals surface area (Å²) in [6.45, 7) is 55.3. The van der Waals surface area contributed by atoms with Gasteiger partial charge in [-0.3, -0.25) is 4.98 Å². The molecule has 0 saturated carbocycles. The zero-order valence-electron chi connectivity index (χ0n) is 81.4. The lowest BCUT2D eigenvalue weighted by molar-refractivity contribution is -0.138. The fourth-order valence-electron chi connectivity index (χ4n) is 14.0. The molecule has 0 amide bonds. The summed E-state index contributed by atoms with van der Waals surface area (Å²) in [5.74, 6) is 2.86. The first kappa shape index (κ1) is 112. The molecule has 8 aromatic carbocycles. The van der Waals surface area contributed by atoms with E-state index in [1.54, 1.807) is 36.7 Å². The Kier molecular flexibility index (Phi) is 41.0. The molecule has 2 aliphatic rings. The number of hydrogen-bond acceptors (Lipinski definition) is 12. The topological polar surface area (TPSA) is 94.1 Å². The number of piperazine rings is 2.